The van der Waals surface area contributed by atoms with Gasteiger partial charge in [-0.3, -0.25) is 0 Å². The van der Waals surface area contributed by atoms with Crippen LogP contribution in [-0.4, -0.2) is 37.0 Å². The van der Waals surface area contributed by atoms with E-state index in [-0.39, 0.29) is 12.3 Å². The number of hydrogen-bond acceptors (Lipinski definition) is 4. The summed E-state index contributed by atoms with van der Waals surface area (Å²) in [4.78, 5) is 0. The molecule has 96 valence electrons. The third-order valence-corrected chi connectivity index (χ3v) is 4.77. The van der Waals surface area contributed by atoms with E-state index < -0.39 is 16.1 Å². The van der Waals surface area contributed by atoms with Crippen molar-refractivity contribution < 1.29 is 13.5 Å². The van der Waals surface area contributed by atoms with Crippen LogP contribution in [0.5, 0.6) is 0 Å². The van der Waals surface area contributed by atoms with Crippen molar-refractivity contribution in [2.45, 2.75) is 18.3 Å². The normalized spacial score (nSPS) is 20.8. The maximum Gasteiger partial charge on any atom is 0.218 e. The van der Waals surface area contributed by atoms with Gasteiger partial charge in [0.2, 0.25) is 10.0 Å². The second-order valence-electron chi connectivity index (χ2n) is 4.37. The standard InChI is InChI=1S/C12H14N2O3S/c13-7-10-1-3-11(4-2-10)9-18(16,17)14-6-5-12(15)8-14/h1-4,12,15H,5-6,8-9H2. The molecule has 0 aromatic heterocycles. The van der Waals surface area contributed by atoms with Crippen LogP contribution < -0.4 is 0 Å². The molecule has 1 aromatic rings. The SMILES string of the molecule is N#Cc1ccc(CS(=O)(=O)N2CCC(O)C2)cc1. The highest BCUT2D eigenvalue weighted by Gasteiger charge is 2.30. The molecule has 0 saturated carbocycles. The zero-order valence-corrected chi connectivity index (χ0v) is 10.6. The highest BCUT2D eigenvalue weighted by molar-refractivity contribution is 7.88. The van der Waals surface area contributed by atoms with Gasteiger partial charge in [-0.15, -0.1) is 0 Å². The Bertz CT molecular complexity index is 560. The lowest BCUT2D eigenvalue weighted by atomic mass is 10.2. The number of aliphatic hydroxyl groups is 1. The third kappa shape index (κ3) is 2.88. The second kappa shape index (κ2) is 5.06. The van der Waals surface area contributed by atoms with E-state index in [4.69, 9.17) is 5.26 Å². The summed E-state index contributed by atoms with van der Waals surface area (Å²) in [5.41, 5.74) is 1.16. The van der Waals surface area contributed by atoms with Crippen LogP contribution in [0.1, 0.15) is 17.5 Å². The molecule has 18 heavy (non-hydrogen) atoms. The van der Waals surface area contributed by atoms with E-state index in [0.29, 0.717) is 24.1 Å². The number of rotatable bonds is 3. The molecule has 2 rings (SSSR count). The molecule has 1 aliphatic heterocycles. The minimum atomic E-state index is -3.38. The Morgan fingerprint density at radius 2 is 2.06 bits per heavy atom. The van der Waals surface area contributed by atoms with Crippen molar-refractivity contribution >= 4 is 10.0 Å². The first-order valence-electron chi connectivity index (χ1n) is 5.66. The molecule has 6 heteroatoms. The molecule has 1 fully saturated rings. The molecule has 1 aromatic carbocycles. The molecule has 0 aliphatic carbocycles. The first-order valence-corrected chi connectivity index (χ1v) is 7.27. The van der Waals surface area contributed by atoms with Gasteiger partial charge in [0.15, 0.2) is 0 Å². The molecule has 1 saturated heterocycles. The summed E-state index contributed by atoms with van der Waals surface area (Å²) in [6.07, 6.45) is -0.0622. The summed E-state index contributed by atoms with van der Waals surface area (Å²) in [6, 6.07) is 8.47. The quantitative estimate of drug-likeness (QED) is 0.861. The van der Waals surface area contributed by atoms with Crippen LogP contribution in [0.3, 0.4) is 0 Å². The Kier molecular flexibility index (Phi) is 3.66. The predicted molar refractivity (Wildman–Crippen MR) is 66.0 cm³/mol. The van der Waals surface area contributed by atoms with Crippen molar-refractivity contribution in [2.24, 2.45) is 0 Å². The van der Waals surface area contributed by atoms with Crippen LogP contribution >= 0.6 is 0 Å². The predicted octanol–water partition coefficient (Wildman–Crippen LogP) is 0.455. The number of nitrogens with zero attached hydrogens (tertiary/aromatic N) is 2. The van der Waals surface area contributed by atoms with Crippen molar-refractivity contribution in [1.82, 2.24) is 4.31 Å². The van der Waals surface area contributed by atoms with Crippen molar-refractivity contribution in [2.75, 3.05) is 13.1 Å². The molecular weight excluding hydrogens is 252 g/mol. The highest BCUT2D eigenvalue weighted by atomic mass is 32.2. The van der Waals surface area contributed by atoms with Gasteiger partial charge in [0, 0.05) is 13.1 Å². The smallest absolute Gasteiger partial charge is 0.218 e. The number of aliphatic hydroxyl groups excluding tert-OH is 1. The Balaban J connectivity index is 2.10. The van der Waals surface area contributed by atoms with Crippen LogP contribution in [0, 0.1) is 11.3 Å². The van der Waals surface area contributed by atoms with Crippen LogP contribution in [-0.2, 0) is 15.8 Å². The fourth-order valence-corrected chi connectivity index (χ4v) is 3.52. The zero-order chi connectivity index (χ0) is 13.2. The highest BCUT2D eigenvalue weighted by Crippen LogP contribution is 2.17. The summed E-state index contributed by atoms with van der Waals surface area (Å²) >= 11 is 0. The van der Waals surface area contributed by atoms with Gasteiger partial charge in [0.25, 0.3) is 0 Å². The van der Waals surface area contributed by atoms with E-state index in [9.17, 15) is 13.5 Å². The van der Waals surface area contributed by atoms with E-state index in [0.717, 1.165) is 0 Å². The molecule has 1 aliphatic rings. The van der Waals surface area contributed by atoms with E-state index in [1.807, 2.05) is 6.07 Å². The van der Waals surface area contributed by atoms with Gasteiger partial charge in [-0.1, -0.05) is 12.1 Å². The maximum atomic E-state index is 12.1. The van der Waals surface area contributed by atoms with Crippen molar-refractivity contribution in [1.29, 1.82) is 5.26 Å². The molecular formula is C12H14N2O3S. The monoisotopic (exact) mass is 266 g/mol. The lowest BCUT2D eigenvalue weighted by Crippen LogP contribution is -2.30. The van der Waals surface area contributed by atoms with Gasteiger partial charge < -0.3 is 5.11 Å². The fraction of sp³-hybridized carbons (Fsp3) is 0.417. The minimum absolute atomic E-state index is 0.0918. The lowest BCUT2D eigenvalue weighted by Gasteiger charge is -2.15. The van der Waals surface area contributed by atoms with Gasteiger partial charge >= 0.3 is 0 Å². The maximum absolute atomic E-state index is 12.1. The Hall–Kier alpha value is -1.42. The molecule has 0 bridgehead atoms. The molecule has 0 radical (unpaired) electrons. The van der Waals surface area contributed by atoms with E-state index in [1.165, 1.54) is 4.31 Å². The van der Waals surface area contributed by atoms with Gasteiger partial charge in [-0.25, -0.2) is 8.42 Å². The lowest BCUT2D eigenvalue weighted by molar-refractivity contribution is 0.189. The molecule has 0 amide bonds. The Labute approximate surface area is 106 Å². The van der Waals surface area contributed by atoms with Gasteiger partial charge in [-0.05, 0) is 24.1 Å². The summed E-state index contributed by atoms with van der Waals surface area (Å²) in [7, 11) is -3.38. The van der Waals surface area contributed by atoms with Crippen LogP contribution in [0.15, 0.2) is 24.3 Å². The van der Waals surface area contributed by atoms with Crippen molar-refractivity contribution in [3.63, 3.8) is 0 Å². The average Bonchev–Trinajstić information content (AvgIpc) is 2.77. The van der Waals surface area contributed by atoms with Crippen LogP contribution in [0.25, 0.3) is 0 Å². The molecule has 0 spiro atoms. The van der Waals surface area contributed by atoms with E-state index >= 15 is 0 Å². The van der Waals surface area contributed by atoms with Crippen molar-refractivity contribution in [3.8, 4) is 6.07 Å². The van der Waals surface area contributed by atoms with E-state index in [1.54, 1.807) is 24.3 Å². The molecule has 5 nitrogen and oxygen atoms in total. The van der Waals surface area contributed by atoms with Gasteiger partial charge in [-0.2, -0.15) is 9.57 Å². The molecule has 1 unspecified atom stereocenters. The fourth-order valence-electron chi connectivity index (χ4n) is 1.94. The minimum Gasteiger partial charge on any atom is -0.392 e. The summed E-state index contributed by atoms with van der Waals surface area (Å²) in [5, 5.41) is 18.0. The Morgan fingerprint density at radius 3 is 2.56 bits per heavy atom. The number of β-amino-alcohol motifs (C(OH)–C–C–N with tert-alkyl or cyclic N) is 1. The van der Waals surface area contributed by atoms with E-state index in [2.05, 4.69) is 0 Å². The third-order valence-electron chi connectivity index (χ3n) is 2.95. The average molecular weight is 266 g/mol. The topological polar surface area (TPSA) is 81.4 Å². The Morgan fingerprint density at radius 1 is 1.39 bits per heavy atom. The number of nitriles is 1. The first kappa shape index (κ1) is 13.0. The number of benzene rings is 1. The largest absolute Gasteiger partial charge is 0.392 e. The van der Waals surface area contributed by atoms with Gasteiger partial charge in [0.05, 0.1) is 23.5 Å². The first-order chi connectivity index (χ1) is 8.51. The zero-order valence-electron chi connectivity index (χ0n) is 9.78. The molecule has 1 heterocycles. The van der Waals surface area contributed by atoms with Crippen LogP contribution in [0.4, 0.5) is 0 Å². The summed E-state index contributed by atoms with van der Waals surface area (Å²) < 4.78 is 25.4. The van der Waals surface area contributed by atoms with Gasteiger partial charge in [0.1, 0.15) is 0 Å². The summed E-state index contributed by atoms with van der Waals surface area (Å²) in [5.74, 6) is -0.0918. The van der Waals surface area contributed by atoms with Crippen LogP contribution in [0.2, 0.25) is 0 Å². The molecule has 1 N–H and O–H groups in total. The number of hydrogen-bond donors (Lipinski definition) is 1. The van der Waals surface area contributed by atoms with Crippen molar-refractivity contribution in [3.05, 3.63) is 35.4 Å². The summed E-state index contributed by atoms with van der Waals surface area (Å²) in [6.45, 7) is 0.554. The second-order valence-corrected chi connectivity index (χ2v) is 6.33. The molecule has 1 atom stereocenters. The number of sulfonamides is 1.